The molecule has 2 saturated heterocycles. The summed E-state index contributed by atoms with van der Waals surface area (Å²) in [5, 5.41) is 14.4. The van der Waals surface area contributed by atoms with Gasteiger partial charge in [0.2, 0.25) is 5.91 Å². The summed E-state index contributed by atoms with van der Waals surface area (Å²) in [5.74, 6) is -0.563. The molecule has 1 unspecified atom stereocenters. The lowest BCUT2D eigenvalue weighted by Crippen LogP contribution is -2.57. The number of nitrogens with zero attached hydrogens (tertiary/aromatic N) is 1. The number of rotatable bonds is 4. The fraction of sp³-hybridized carbons (Fsp3) is 0.632. The summed E-state index contributed by atoms with van der Waals surface area (Å²) >= 11 is 0. The van der Waals surface area contributed by atoms with E-state index in [0.29, 0.717) is 25.0 Å². The zero-order valence-corrected chi connectivity index (χ0v) is 14.8. The summed E-state index contributed by atoms with van der Waals surface area (Å²) < 4.78 is 19.7. The van der Waals surface area contributed by atoms with E-state index >= 15 is 0 Å². The van der Waals surface area contributed by atoms with E-state index in [1.807, 2.05) is 0 Å². The Morgan fingerprint density at radius 2 is 2.04 bits per heavy atom. The summed E-state index contributed by atoms with van der Waals surface area (Å²) in [6.07, 6.45) is 2.81. The third kappa shape index (κ3) is 4.37. The number of hydrogen-bond donors (Lipinski definition) is 2. The molecule has 2 heterocycles. The summed E-state index contributed by atoms with van der Waals surface area (Å²) in [7, 11) is 1.67. The lowest BCUT2D eigenvalue weighted by atomic mass is 9.77. The molecular formula is C19H27FN2O3. The van der Waals surface area contributed by atoms with E-state index in [-0.39, 0.29) is 30.3 Å². The van der Waals surface area contributed by atoms with Crippen molar-refractivity contribution in [3.05, 3.63) is 35.6 Å². The highest BCUT2D eigenvalue weighted by atomic mass is 19.1. The number of ether oxygens (including phenoxy) is 1. The van der Waals surface area contributed by atoms with Gasteiger partial charge in [0.25, 0.3) is 0 Å². The Morgan fingerprint density at radius 3 is 2.76 bits per heavy atom. The first-order chi connectivity index (χ1) is 11.9. The maximum absolute atomic E-state index is 13.7. The van der Waals surface area contributed by atoms with Gasteiger partial charge in [0, 0.05) is 26.4 Å². The highest BCUT2D eigenvalue weighted by Crippen LogP contribution is 2.38. The molecule has 1 aromatic rings. The van der Waals surface area contributed by atoms with Crippen LogP contribution in [0, 0.1) is 5.82 Å². The Labute approximate surface area is 148 Å². The van der Waals surface area contributed by atoms with Crippen molar-refractivity contribution in [2.45, 2.75) is 43.3 Å². The molecule has 3 rings (SSSR count). The number of carbonyl (C=O) groups excluding carboxylic acids is 1. The fourth-order valence-corrected chi connectivity index (χ4v) is 4.00. The number of carbonyl (C=O) groups is 1. The molecule has 25 heavy (non-hydrogen) atoms. The highest BCUT2D eigenvalue weighted by molar-refractivity contribution is 5.78. The average molecular weight is 350 g/mol. The van der Waals surface area contributed by atoms with Gasteiger partial charge in [0.05, 0.1) is 24.2 Å². The van der Waals surface area contributed by atoms with E-state index in [1.54, 1.807) is 25.2 Å². The molecule has 138 valence electrons. The molecule has 1 spiro atoms. The van der Waals surface area contributed by atoms with Gasteiger partial charge in [-0.15, -0.1) is 0 Å². The molecule has 0 saturated carbocycles. The van der Waals surface area contributed by atoms with E-state index in [0.717, 1.165) is 25.9 Å². The molecular weight excluding hydrogens is 323 g/mol. The minimum absolute atomic E-state index is 0.00478. The molecule has 1 amide bonds. The number of aliphatic hydroxyl groups is 1. The summed E-state index contributed by atoms with van der Waals surface area (Å²) in [6.45, 7) is 2.53. The van der Waals surface area contributed by atoms with Gasteiger partial charge < -0.3 is 20.1 Å². The molecule has 0 aliphatic carbocycles. The first-order valence-corrected chi connectivity index (χ1v) is 8.96. The van der Waals surface area contributed by atoms with Crippen LogP contribution < -0.4 is 5.32 Å². The number of benzene rings is 1. The zero-order valence-electron chi connectivity index (χ0n) is 14.8. The van der Waals surface area contributed by atoms with E-state index < -0.39 is 5.60 Å². The first kappa shape index (κ1) is 18.3. The predicted octanol–water partition coefficient (Wildman–Crippen LogP) is 1.49. The number of halogens is 1. The van der Waals surface area contributed by atoms with Crippen LogP contribution in [-0.4, -0.2) is 60.4 Å². The molecule has 2 aliphatic heterocycles. The van der Waals surface area contributed by atoms with Crippen LogP contribution in [0.1, 0.15) is 31.2 Å². The highest BCUT2D eigenvalue weighted by Gasteiger charge is 2.46. The van der Waals surface area contributed by atoms with Crippen LogP contribution in [0.2, 0.25) is 0 Å². The average Bonchev–Trinajstić information content (AvgIpc) is 2.57. The SMILES string of the molecule is CN(CC1(O)CCOC2(CCNCC2)C1)C(=O)Cc1ccccc1F. The zero-order chi connectivity index (χ0) is 17.9. The van der Waals surface area contributed by atoms with Crippen molar-refractivity contribution in [3.63, 3.8) is 0 Å². The van der Waals surface area contributed by atoms with Gasteiger partial charge in [-0.2, -0.15) is 0 Å². The van der Waals surface area contributed by atoms with Crippen LogP contribution in [0.3, 0.4) is 0 Å². The summed E-state index contributed by atoms with van der Waals surface area (Å²) in [5.41, 5.74) is -0.851. The van der Waals surface area contributed by atoms with Gasteiger partial charge in [0.1, 0.15) is 5.82 Å². The number of hydrogen-bond acceptors (Lipinski definition) is 4. The second kappa shape index (κ2) is 7.40. The Balaban J connectivity index is 1.61. The third-order valence-electron chi connectivity index (χ3n) is 5.40. The Hall–Kier alpha value is -1.50. The van der Waals surface area contributed by atoms with Crippen LogP contribution in [-0.2, 0) is 16.0 Å². The topological polar surface area (TPSA) is 61.8 Å². The predicted molar refractivity (Wildman–Crippen MR) is 92.7 cm³/mol. The smallest absolute Gasteiger partial charge is 0.226 e. The van der Waals surface area contributed by atoms with Gasteiger partial charge in [-0.1, -0.05) is 18.2 Å². The minimum atomic E-state index is -0.949. The second-order valence-corrected chi connectivity index (χ2v) is 7.45. The van der Waals surface area contributed by atoms with E-state index in [4.69, 9.17) is 4.74 Å². The van der Waals surface area contributed by atoms with Crippen molar-refractivity contribution in [2.75, 3.05) is 33.3 Å². The van der Waals surface area contributed by atoms with Gasteiger partial charge in [-0.05, 0) is 37.6 Å². The van der Waals surface area contributed by atoms with E-state index in [1.165, 1.54) is 11.0 Å². The molecule has 1 aromatic carbocycles. The van der Waals surface area contributed by atoms with Gasteiger partial charge >= 0.3 is 0 Å². The number of amides is 1. The molecule has 1 atom stereocenters. The van der Waals surface area contributed by atoms with E-state index in [9.17, 15) is 14.3 Å². The Morgan fingerprint density at radius 1 is 1.32 bits per heavy atom. The lowest BCUT2D eigenvalue weighted by molar-refractivity contribution is -0.177. The van der Waals surface area contributed by atoms with Crippen LogP contribution >= 0.6 is 0 Å². The summed E-state index contributed by atoms with van der Waals surface area (Å²) in [6, 6.07) is 6.30. The molecule has 2 aliphatic rings. The lowest BCUT2D eigenvalue weighted by Gasteiger charge is -2.48. The fourth-order valence-electron chi connectivity index (χ4n) is 4.00. The molecule has 6 heteroatoms. The van der Waals surface area contributed by atoms with Crippen LogP contribution in [0.4, 0.5) is 4.39 Å². The molecule has 2 N–H and O–H groups in total. The van der Waals surface area contributed by atoms with Gasteiger partial charge in [-0.3, -0.25) is 4.79 Å². The minimum Gasteiger partial charge on any atom is -0.388 e. The molecule has 0 radical (unpaired) electrons. The number of nitrogens with one attached hydrogen (secondary N) is 1. The molecule has 0 bridgehead atoms. The van der Waals surface area contributed by atoms with Crippen LogP contribution in [0.5, 0.6) is 0 Å². The van der Waals surface area contributed by atoms with Gasteiger partial charge in [-0.25, -0.2) is 4.39 Å². The maximum Gasteiger partial charge on any atom is 0.226 e. The standard InChI is InChI=1S/C19H27FN2O3/c1-22(17(23)12-15-4-2-3-5-16(15)20)14-18(24)8-11-25-19(13-18)6-9-21-10-7-19/h2-5,21,24H,6-14H2,1H3. The molecule has 0 aromatic heterocycles. The van der Waals surface area contributed by atoms with Crippen LogP contribution in [0.15, 0.2) is 24.3 Å². The van der Waals surface area contributed by atoms with E-state index in [2.05, 4.69) is 5.32 Å². The first-order valence-electron chi connectivity index (χ1n) is 8.96. The van der Waals surface area contributed by atoms with Crippen LogP contribution in [0.25, 0.3) is 0 Å². The summed E-state index contributed by atoms with van der Waals surface area (Å²) in [4.78, 5) is 14.0. The van der Waals surface area contributed by atoms with Crippen molar-refractivity contribution in [1.82, 2.24) is 10.2 Å². The van der Waals surface area contributed by atoms with Gasteiger partial charge in [0.15, 0.2) is 0 Å². The van der Waals surface area contributed by atoms with Crippen molar-refractivity contribution in [3.8, 4) is 0 Å². The van der Waals surface area contributed by atoms with Crippen molar-refractivity contribution < 1.29 is 19.0 Å². The number of likely N-dealkylation sites (N-methyl/N-ethyl adjacent to an activating group) is 1. The Bertz CT molecular complexity index is 613. The molecule has 5 nitrogen and oxygen atoms in total. The third-order valence-corrected chi connectivity index (χ3v) is 5.40. The normalized spacial score (nSPS) is 25.7. The number of piperidine rings is 1. The Kier molecular flexibility index (Phi) is 5.41. The van der Waals surface area contributed by atoms with Crippen molar-refractivity contribution >= 4 is 5.91 Å². The second-order valence-electron chi connectivity index (χ2n) is 7.45. The van der Waals surface area contributed by atoms with Crippen molar-refractivity contribution in [2.24, 2.45) is 0 Å². The largest absolute Gasteiger partial charge is 0.388 e. The monoisotopic (exact) mass is 350 g/mol. The molecule has 2 fully saturated rings. The maximum atomic E-state index is 13.7. The quantitative estimate of drug-likeness (QED) is 0.864. The van der Waals surface area contributed by atoms with Crippen molar-refractivity contribution in [1.29, 1.82) is 0 Å².